The van der Waals surface area contributed by atoms with Crippen LogP contribution in [-0.2, 0) is 24.4 Å². The third-order valence-electron chi connectivity index (χ3n) is 4.77. The predicted octanol–water partition coefficient (Wildman–Crippen LogP) is 4.70. The number of hydrogen-bond acceptors (Lipinski definition) is 4. The fraction of sp³-hybridized carbons (Fsp3) is 0.240. The van der Waals surface area contributed by atoms with Crippen LogP contribution in [-0.4, -0.2) is 29.2 Å². The van der Waals surface area contributed by atoms with Gasteiger partial charge in [-0.1, -0.05) is 72.8 Å². The SMILES string of the molecule is O=C(N[C@@H](Cc1ccc(OCc2ccccc2)cc1)[C@H](O)CCl)OCc1ccccc1. The minimum Gasteiger partial charge on any atom is -0.489 e. The Morgan fingerprint density at radius 1 is 0.839 bits per heavy atom. The average molecular weight is 440 g/mol. The molecule has 0 saturated carbocycles. The molecule has 1 amide bonds. The van der Waals surface area contributed by atoms with Gasteiger partial charge in [0.25, 0.3) is 0 Å². The lowest BCUT2D eigenvalue weighted by Crippen LogP contribution is -2.45. The van der Waals surface area contributed by atoms with Crippen LogP contribution < -0.4 is 10.1 Å². The first-order chi connectivity index (χ1) is 15.1. The van der Waals surface area contributed by atoms with Gasteiger partial charge in [-0.2, -0.15) is 0 Å². The molecule has 0 aromatic heterocycles. The van der Waals surface area contributed by atoms with Gasteiger partial charge in [0.15, 0.2) is 0 Å². The smallest absolute Gasteiger partial charge is 0.407 e. The van der Waals surface area contributed by atoms with E-state index in [1.807, 2.05) is 84.9 Å². The number of hydrogen-bond donors (Lipinski definition) is 2. The number of carbonyl (C=O) groups is 1. The maximum Gasteiger partial charge on any atom is 0.407 e. The second-order valence-electron chi connectivity index (χ2n) is 7.16. The maximum atomic E-state index is 12.2. The van der Waals surface area contributed by atoms with Gasteiger partial charge in [-0.15, -0.1) is 11.6 Å². The lowest BCUT2D eigenvalue weighted by Gasteiger charge is -2.22. The first kappa shape index (κ1) is 22.7. The Kier molecular flexibility index (Phi) is 8.76. The zero-order chi connectivity index (χ0) is 21.9. The molecule has 0 radical (unpaired) electrons. The molecular weight excluding hydrogens is 414 g/mol. The Hall–Kier alpha value is -3.02. The highest BCUT2D eigenvalue weighted by Crippen LogP contribution is 2.16. The number of carbonyl (C=O) groups excluding carboxylic acids is 1. The topological polar surface area (TPSA) is 67.8 Å². The Morgan fingerprint density at radius 3 is 2.00 bits per heavy atom. The van der Waals surface area contributed by atoms with Crippen molar-refractivity contribution in [2.45, 2.75) is 31.8 Å². The summed E-state index contributed by atoms with van der Waals surface area (Å²) in [5.74, 6) is 0.749. The van der Waals surface area contributed by atoms with Crippen LogP contribution in [0.1, 0.15) is 16.7 Å². The lowest BCUT2D eigenvalue weighted by atomic mass is 10.0. The van der Waals surface area contributed by atoms with Crippen LogP contribution in [0.25, 0.3) is 0 Å². The summed E-state index contributed by atoms with van der Waals surface area (Å²) < 4.78 is 11.1. The summed E-state index contributed by atoms with van der Waals surface area (Å²) >= 11 is 5.83. The Labute approximate surface area is 187 Å². The molecule has 2 N–H and O–H groups in total. The summed E-state index contributed by atoms with van der Waals surface area (Å²) in [6.07, 6.45) is -1.09. The summed E-state index contributed by atoms with van der Waals surface area (Å²) in [6.45, 7) is 0.645. The van der Waals surface area contributed by atoms with E-state index in [9.17, 15) is 9.90 Å². The average Bonchev–Trinajstić information content (AvgIpc) is 2.82. The van der Waals surface area contributed by atoms with E-state index in [4.69, 9.17) is 21.1 Å². The molecule has 0 unspecified atom stereocenters. The minimum atomic E-state index is -0.903. The molecule has 3 aromatic carbocycles. The van der Waals surface area contributed by atoms with Crippen molar-refractivity contribution in [1.82, 2.24) is 5.32 Å². The molecule has 5 nitrogen and oxygen atoms in total. The number of aliphatic hydroxyl groups is 1. The minimum absolute atomic E-state index is 0.00189. The molecule has 0 spiro atoms. The molecule has 2 atom stereocenters. The third-order valence-corrected chi connectivity index (χ3v) is 5.08. The molecule has 0 aliphatic rings. The molecule has 162 valence electrons. The fourth-order valence-electron chi connectivity index (χ4n) is 3.02. The summed E-state index contributed by atoms with van der Waals surface area (Å²) in [7, 11) is 0. The zero-order valence-corrected chi connectivity index (χ0v) is 17.9. The molecule has 0 aliphatic carbocycles. The van der Waals surface area contributed by atoms with E-state index in [2.05, 4.69) is 5.32 Å². The molecule has 3 rings (SSSR count). The van der Waals surface area contributed by atoms with E-state index in [1.54, 1.807) is 0 Å². The van der Waals surface area contributed by atoms with E-state index in [0.29, 0.717) is 13.0 Å². The zero-order valence-electron chi connectivity index (χ0n) is 17.1. The van der Waals surface area contributed by atoms with Gasteiger partial charge in [0, 0.05) is 0 Å². The van der Waals surface area contributed by atoms with Gasteiger partial charge >= 0.3 is 6.09 Å². The molecule has 0 aliphatic heterocycles. The molecule has 6 heteroatoms. The first-order valence-electron chi connectivity index (χ1n) is 10.1. The fourth-order valence-corrected chi connectivity index (χ4v) is 3.24. The molecule has 0 heterocycles. The highest BCUT2D eigenvalue weighted by molar-refractivity contribution is 6.18. The molecular formula is C25H26ClNO4. The van der Waals surface area contributed by atoms with Crippen molar-refractivity contribution in [3.63, 3.8) is 0 Å². The molecule has 0 fully saturated rings. The van der Waals surface area contributed by atoms with E-state index < -0.39 is 18.2 Å². The van der Waals surface area contributed by atoms with Crippen LogP contribution in [0.4, 0.5) is 4.79 Å². The standard InChI is InChI=1S/C25H26ClNO4/c26-16-24(28)23(27-25(29)31-18-21-9-5-2-6-10-21)15-19-11-13-22(14-12-19)30-17-20-7-3-1-4-8-20/h1-14,23-24,28H,15-18H2,(H,27,29)/t23-,24+/m0/s1. The number of rotatable bonds is 10. The van der Waals surface area contributed by atoms with Crippen molar-refractivity contribution >= 4 is 17.7 Å². The van der Waals surface area contributed by atoms with Crippen LogP contribution in [0.15, 0.2) is 84.9 Å². The van der Waals surface area contributed by atoms with Gasteiger partial charge in [-0.05, 0) is 35.2 Å². The van der Waals surface area contributed by atoms with E-state index in [-0.39, 0.29) is 12.5 Å². The summed E-state index contributed by atoms with van der Waals surface area (Å²) in [5.41, 5.74) is 2.91. The van der Waals surface area contributed by atoms with Crippen molar-refractivity contribution in [3.8, 4) is 5.75 Å². The number of benzene rings is 3. The van der Waals surface area contributed by atoms with Crippen LogP contribution in [0.5, 0.6) is 5.75 Å². The number of amides is 1. The van der Waals surface area contributed by atoms with Crippen molar-refractivity contribution in [3.05, 3.63) is 102 Å². The summed E-state index contributed by atoms with van der Waals surface area (Å²) in [4.78, 5) is 12.2. The summed E-state index contributed by atoms with van der Waals surface area (Å²) in [5, 5.41) is 13.0. The van der Waals surface area contributed by atoms with Crippen molar-refractivity contribution < 1.29 is 19.4 Å². The monoisotopic (exact) mass is 439 g/mol. The second kappa shape index (κ2) is 12.0. The molecule has 31 heavy (non-hydrogen) atoms. The third kappa shape index (κ3) is 7.63. The van der Waals surface area contributed by atoms with Crippen LogP contribution in [0.2, 0.25) is 0 Å². The van der Waals surface area contributed by atoms with Gasteiger partial charge < -0.3 is 19.9 Å². The number of nitrogens with one attached hydrogen (secondary N) is 1. The number of alkyl halides is 1. The molecule has 0 bridgehead atoms. The lowest BCUT2D eigenvalue weighted by molar-refractivity contribution is 0.110. The van der Waals surface area contributed by atoms with Crippen molar-refractivity contribution in [2.75, 3.05) is 5.88 Å². The van der Waals surface area contributed by atoms with Gasteiger partial charge in [0.05, 0.1) is 18.0 Å². The van der Waals surface area contributed by atoms with Crippen molar-refractivity contribution in [1.29, 1.82) is 0 Å². The number of ether oxygens (including phenoxy) is 2. The Bertz CT molecular complexity index is 919. The number of aliphatic hydroxyl groups excluding tert-OH is 1. The van der Waals surface area contributed by atoms with Gasteiger partial charge in [-0.25, -0.2) is 4.79 Å². The number of halogens is 1. The quantitative estimate of drug-likeness (QED) is 0.449. The Morgan fingerprint density at radius 2 is 1.42 bits per heavy atom. The maximum absolute atomic E-state index is 12.2. The Balaban J connectivity index is 1.52. The predicted molar refractivity (Wildman–Crippen MR) is 121 cm³/mol. The van der Waals surface area contributed by atoms with Gasteiger partial charge in [0.2, 0.25) is 0 Å². The summed E-state index contributed by atoms with van der Waals surface area (Å²) in [6, 6.07) is 26.3. The van der Waals surface area contributed by atoms with Crippen LogP contribution in [0.3, 0.4) is 0 Å². The highest BCUT2D eigenvalue weighted by atomic mass is 35.5. The van der Waals surface area contributed by atoms with Gasteiger partial charge in [0.1, 0.15) is 19.0 Å². The van der Waals surface area contributed by atoms with Crippen LogP contribution in [0, 0.1) is 0 Å². The number of alkyl carbamates (subject to hydrolysis) is 1. The second-order valence-corrected chi connectivity index (χ2v) is 7.47. The first-order valence-corrected chi connectivity index (χ1v) is 10.6. The van der Waals surface area contributed by atoms with E-state index >= 15 is 0 Å². The van der Waals surface area contributed by atoms with E-state index in [0.717, 1.165) is 22.4 Å². The van der Waals surface area contributed by atoms with Gasteiger partial charge in [-0.3, -0.25) is 0 Å². The van der Waals surface area contributed by atoms with Crippen LogP contribution >= 0.6 is 11.6 Å². The van der Waals surface area contributed by atoms with E-state index in [1.165, 1.54) is 0 Å². The normalized spacial score (nSPS) is 12.6. The highest BCUT2D eigenvalue weighted by Gasteiger charge is 2.22. The van der Waals surface area contributed by atoms with Crippen molar-refractivity contribution in [2.24, 2.45) is 0 Å². The largest absolute Gasteiger partial charge is 0.489 e. The molecule has 3 aromatic rings. The molecule has 0 saturated heterocycles.